The summed E-state index contributed by atoms with van der Waals surface area (Å²) < 4.78 is 13.2. The summed E-state index contributed by atoms with van der Waals surface area (Å²) in [7, 11) is 1.90. The molecule has 2 rings (SSSR count). The van der Waals surface area contributed by atoms with Crippen LogP contribution in [-0.2, 0) is 6.54 Å². The van der Waals surface area contributed by atoms with E-state index < -0.39 is 0 Å². The normalized spacial score (nSPS) is 10.7. The Balaban J connectivity index is 2.05. The van der Waals surface area contributed by atoms with Crippen molar-refractivity contribution < 1.29 is 4.39 Å². The van der Waals surface area contributed by atoms with Gasteiger partial charge in [0.1, 0.15) is 5.82 Å². The largest absolute Gasteiger partial charge is 0.321 e. The van der Waals surface area contributed by atoms with Crippen molar-refractivity contribution in [3.05, 3.63) is 41.2 Å². The summed E-state index contributed by atoms with van der Waals surface area (Å²) in [6, 6.07) is 6.54. The van der Waals surface area contributed by atoms with Crippen LogP contribution in [0.15, 0.2) is 30.5 Å². The van der Waals surface area contributed by atoms with Crippen molar-refractivity contribution >= 4 is 22.2 Å². The molecule has 1 aromatic heterocycles. The molecule has 0 aliphatic rings. The second kappa shape index (κ2) is 6.63. The number of rotatable bonds is 6. The Bertz CT molecular complexity index is 527. The van der Waals surface area contributed by atoms with E-state index in [1.165, 1.54) is 17.0 Å². The zero-order valence-electron chi connectivity index (χ0n) is 11.2. The molecule has 2 aromatic rings. The number of nitrogens with one attached hydrogen (secondary N) is 1. The molecule has 1 aromatic carbocycles. The zero-order valence-corrected chi connectivity index (χ0v) is 12.0. The Morgan fingerprint density at radius 1 is 1.42 bits per heavy atom. The fraction of sp³-hybridized carbons (Fsp3) is 0.357. The number of anilines is 2. The van der Waals surface area contributed by atoms with Crippen molar-refractivity contribution in [3.8, 4) is 0 Å². The topological polar surface area (TPSA) is 28.2 Å². The molecule has 5 heteroatoms. The molecule has 0 fully saturated rings. The summed E-state index contributed by atoms with van der Waals surface area (Å²) in [6.07, 6.45) is 2.99. The molecule has 0 radical (unpaired) electrons. The van der Waals surface area contributed by atoms with E-state index in [0.717, 1.165) is 30.3 Å². The van der Waals surface area contributed by atoms with Crippen LogP contribution in [0.4, 0.5) is 15.2 Å². The molecule has 1 heterocycles. The average molecular weight is 279 g/mol. The van der Waals surface area contributed by atoms with Gasteiger partial charge in [-0.3, -0.25) is 0 Å². The van der Waals surface area contributed by atoms with Gasteiger partial charge in [-0.05, 0) is 31.2 Å². The molecular weight excluding hydrogens is 261 g/mol. The molecule has 0 saturated carbocycles. The van der Waals surface area contributed by atoms with Crippen molar-refractivity contribution in [2.24, 2.45) is 0 Å². The molecule has 3 nitrogen and oxygen atoms in total. The van der Waals surface area contributed by atoms with E-state index in [1.807, 2.05) is 24.2 Å². The highest BCUT2D eigenvalue weighted by atomic mass is 32.1. The van der Waals surface area contributed by atoms with Gasteiger partial charge in [0.2, 0.25) is 0 Å². The summed E-state index contributed by atoms with van der Waals surface area (Å²) in [5, 5.41) is 4.22. The smallest absolute Gasteiger partial charge is 0.189 e. The van der Waals surface area contributed by atoms with Crippen molar-refractivity contribution in [2.45, 2.75) is 19.9 Å². The van der Waals surface area contributed by atoms with Crippen LogP contribution in [0, 0.1) is 5.82 Å². The minimum Gasteiger partial charge on any atom is -0.321 e. The number of hydrogen-bond acceptors (Lipinski definition) is 4. The lowest BCUT2D eigenvalue weighted by Gasteiger charge is -2.15. The van der Waals surface area contributed by atoms with E-state index in [-0.39, 0.29) is 5.82 Å². The number of aromatic nitrogens is 1. The van der Waals surface area contributed by atoms with Gasteiger partial charge in [-0.2, -0.15) is 0 Å². The summed E-state index contributed by atoms with van der Waals surface area (Å²) in [4.78, 5) is 7.47. The van der Waals surface area contributed by atoms with Crippen LogP contribution >= 0.6 is 11.3 Å². The number of hydrogen-bond donors (Lipinski definition) is 1. The Morgan fingerprint density at radius 2 is 2.26 bits per heavy atom. The van der Waals surface area contributed by atoms with Gasteiger partial charge in [-0.25, -0.2) is 9.37 Å². The number of nitrogens with zero attached hydrogens (tertiary/aromatic N) is 2. The lowest BCUT2D eigenvalue weighted by atomic mass is 10.3. The van der Waals surface area contributed by atoms with Crippen LogP contribution in [0.1, 0.15) is 18.2 Å². The van der Waals surface area contributed by atoms with E-state index in [4.69, 9.17) is 0 Å². The maximum atomic E-state index is 13.2. The SMILES string of the molecule is CCCNCc1cnc(N(C)c2cccc(F)c2)s1. The van der Waals surface area contributed by atoms with E-state index in [9.17, 15) is 4.39 Å². The lowest BCUT2D eigenvalue weighted by molar-refractivity contribution is 0.628. The van der Waals surface area contributed by atoms with Crippen molar-refractivity contribution in [2.75, 3.05) is 18.5 Å². The second-order valence-corrected chi connectivity index (χ2v) is 5.42. The maximum absolute atomic E-state index is 13.2. The van der Waals surface area contributed by atoms with Gasteiger partial charge in [0.05, 0.1) is 0 Å². The van der Waals surface area contributed by atoms with Gasteiger partial charge < -0.3 is 10.2 Å². The van der Waals surface area contributed by atoms with E-state index in [0.29, 0.717) is 0 Å². The zero-order chi connectivity index (χ0) is 13.7. The first-order valence-electron chi connectivity index (χ1n) is 6.35. The summed E-state index contributed by atoms with van der Waals surface area (Å²) in [5.41, 5.74) is 0.808. The summed E-state index contributed by atoms with van der Waals surface area (Å²) >= 11 is 1.62. The minimum absolute atomic E-state index is 0.231. The fourth-order valence-electron chi connectivity index (χ4n) is 1.72. The van der Waals surface area contributed by atoms with Crippen LogP contribution in [-0.4, -0.2) is 18.6 Å². The van der Waals surface area contributed by atoms with Gasteiger partial charge in [-0.1, -0.05) is 13.0 Å². The average Bonchev–Trinajstić information content (AvgIpc) is 2.87. The van der Waals surface area contributed by atoms with Gasteiger partial charge in [0.25, 0.3) is 0 Å². The molecule has 0 amide bonds. The second-order valence-electron chi connectivity index (χ2n) is 4.32. The Labute approximate surface area is 117 Å². The summed E-state index contributed by atoms with van der Waals surface area (Å²) in [6.45, 7) is 3.98. The third-order valence-electron chi connectivity index (χ3n) is 2.75. The van der Waals surface area contributed by atoms with Crippen LogP contribution in [0.2, 0.25) is 0 Å². The molecule has 102 valence electrons. The quantitative estimate of drug-likeness (QED) is 0.820. The first-order chi connectivity index (χ1) is 9.20. The molecule has 0 aliphatic heterocycles. The van der Waals surface area contributed by atoms with Gasteiger partial charge >= 0.3 is 0 Å². The van der Waals surface area contributed by atoms with Gasteiger partial charge in [0, 0.05) is 30.4 Å². The lowest BCUT2D eigenvalue weighted by Crippen LogP contribution is -2.12. The highest BCUT2D eigenvalue weighted by Gasteiger charge is 2.09. The van der Waals surface area contributed by atoms with Crippen molar-refractivity contribution in [1.82, 2.24) is 10.3 Å². The molecule has 0 spiro atoms. The van der Waals surface area contributed by atoms with Crippen molar-refractivity contribution in [3.63, 3.8) is 0 Å². The molecule has 0 aliphatic carbocycles. The third-order valence-corrected chi connectivity index (χ3v) is 3.82. The highest BCUT2D eigenvalue weighted by molar-refractivity contribution is 7.15. The van der Waals surface area contributed by atoms with E-state index >= 15 is 0 Å². The van der Waals surface area contributed by atoms with Crippen LogP contribution in [0.3, 0.4) is 0 Å². The monoisotopic (exact) mass is 279 g/mol. The predicted molar refractivity (Wildman–Crippen MR) is 78.6 cm³/mol. The van der Waals surface area contributed by atoms with Crippen LogP contribution in [0.25, 0.3) is 0 Å². The Morgan fingerprint density at radius 3 is 3.00 bits per heavy atom. The number of halogens is 1. The van der Waals surface area contributed by atoms with E-state index in [1.54, 1.807) is 17.4 Å². The third kappa shape index (κ3) is 3.75. The van der Waals surface area contributed by atoms with Gasteiger partial charge in [0.15, 0.2) is 5.13 Å². The fourth-order valence-corrected chi connectivity index (χ4v) is 2.58. The predicted octanol–water partition coefficient (Wildman–Crippen LogP) is 3.55. The van der Waals surface area contributed by atoms with Crippen LogP contribution in [0.5, 0.6) is 0 Å². The van der Waals surface area contributed by atoms with Crippen LogP contribution < -0.4 is 10.2 Å². The molecule has 1 N–H and O–H groups in total. The highest BCUT2D eigenvalue weighted by Crippen LogP contribution is 2.28. The van der Waals surface area contributed by atoms with Crippen molar-refractivity contribution in [1.29, 1.82) is 0 Å². The first kappa shape index (κ1) is 14.0. The van der Waals surface area contributed by atoms with E-state index in [2.05, 4.69) is 17.2 Å². The molecule has 0 bridgehead atoms. The first-order valence-corrected chi connectivity index (χ1v) is 7.17. The van der Waals surface area contributed by atoms with Gasteiger partial charge in [-0.15, -0.1) is 11.3 Å². The minimum atomic E-state index is -0.231. The molecular formula is C14H18FN3S. The molecule has 0 atom stereocenters. The summed E-state index contributed by atoms with van der Waals surface area (Å²) in [5.74, 6) is -0.231. The Hall–Kier alpha value is -1.46. The molecule has 19 heavy (non-hydrogen) atoms. The number of thiazole rings is 1. The molecule has 0 unspecified atom stereocenters. The Kier molecular flexibility index (Phi) is 4.87. The number of benzene rings is 1. The molecule has 0 saturated heterocycles. The standard InChI is InChI=1S/C14H18FN3S/c1-3-7-16-9-13-10-17-14(19-13)18(2)12-6-4-5-11(15)8-12/h4-6,8,10,16H,3,7,9H2,1-2H3. The maximum Gasteiger partial charge on any atom is 0.189 e.